The quantitative estimate of drug-likeness (QED) is 0.870. The van der Waals surface area contributed by atoms with E-state index in [1.165, 1.54) is 18.0 Å². The van der Waals surface area contributed by atoms with E-state index in [9.17, 15) is 13.2 Å². The number of hydrogen-bond acceptors (Lipinski definition) is 4. The van der Waals surface area contributed by atoms with Gasteiger partial charge in [0.25, 0.3) is 0 Å². The number of Topliss-reactive ketones (excluding diaryl/α,β-unsaturated/α-hetero) is 1. The summed E-state index contributed by atoms with van der Waals surface area (Å²) in [5, 5.41) is 0. The summed E-state index contributed by atoms with van der Waals surface area (Å²) in [6, 6.07) is 13.0. The average Bonchev–Trinajstić information content (AvgIpc) is 2.79. The Morgan fingerprint density at radius 2 is 1.76 bits per heavy atom. The lowest BCUT2D eigenvalue weighted by molar-refractivity contribution is 0.0994. The van der Waals surface area contributed by atoms with Gasteiger partial charge in [0.05, 0.1) is 4.90 Å². The second-order valence-corrected chi connectivity index (χ2v) is 8.17. The fraction of sp³-hybridized carbons (Fsp3) is 0.188. The third kappa shape index (κ3) is 2.89. The van der Waals surface area contributed by atoms with E-state index >= 15 is 0 Å². The number of sulfone groups is 1. The first kappa shape index (κ1) is 14.4. The van der Waals surface area contributed by atoms with Crippen molar-refractivity contribution in [1.82, 2.24) is 0 Å². The maximum atomic E-state index is 12.0. The number of carbonyl (C=O) groups excluding carboxylic acids is 1. The van der Waals surface area contributed by atoms with Gasteiger partial charge in [0.2, 0.25) is 0 Å². The molecular formula is C16H14O3S2. The first-order chi connectivity index (χ1) is 9.95. The van der Waals surface area contributed by atoms with Gasteiger partial charge in [-0.15, -0.1) is 0 Å². The second kappa shape index (κ2) is 5.31. The molecule has 108 valence electrons. The Morgan fingerprint density at radius 1 is 1.05 bits per heavy atom. The molecule has 1 aliphatic rings. The summed E-state index contributed by atoms with van der Waals surface area (Å²) < 4.78 is 24.1. The first-order valence-electron chi connectivity index (χ1n) is 6.58. The highest BCUT2D eigenvalue weighted by Gasteiger charge is 2.25. The van der Waals surface area contributed by atoms with Crippen molar-refractivity contribution in [2.75, 3.05) is 6.26 Å². The summed E-state index contributed by atoms with van der Waals surface area (Å²) in [6.07, 6.45) is 2.35. The number of fused-ring (bicyclic) bond motifs is 1. The summed E-state index contributed by atoms with van der Waals surface area (Å²) in [5.41, 5.74) is 1.51. The lowest BCUT2D eigenvalue weighted by Crippen LogP contribution is -2.03. The van der Waals surface area contributed by atoms with Crippen molar-refractivity contribution >= 4 is 27.4 Å². The molecule has 2 aromatic carbocycles. The largest absolute Gasteiger partial charge is 0.294 e. The van der Waals surface area contributed by atoms with Crippen molar-refractivity contribution in [3.05, 3.63) is 53.6 Å². The second-order valence-electron chi connectivity index (χ2n) is 5.07. The highest BCUT2D eigenvalue weighted by molar-refractivity contribution is 8.00. The van der Waals surface area contributed by atoms with Gasteiger partial charge >= 0.3 is 0 Å². The van der Waals surface area contributed by atoms with Crippen molar-refractivity contribution in [2.45, 2.75) is 27.5 Å². The lowest BCUT2D eigenvalue weighted by Gasteiger charge is -2.10. The molecule has 21 heavy (non-hydrogen) atoms. The van der Waals surface area contributed by atoms with Crippen LogP contribution in [0.25, 0.3) is 0 Å². The smallest absolute Gasteiger partial charge is 0.176 e. The van der Waals surface area contributed by atoms with Crippen LogP contribution in [0, 0.1) is 0 Å². The van der Waals surface area contributed by atoms with Crippen molar-refractivity contribution in [3.8, 4) is 0 Å². The van der Waals surface area contributed by atoms with E-state index in [0.717, 1.165) is 10.5 Å². The molecule has 0 fully saturated rings. The molecule has 5 heteroatoms. The van der Waals surface area contributed by atoms with Crippen molar-refractivity contribution in [1.29, 1.82) is 0 Å². The molecule has 0 saturated heterocycles. The molecule has 0 heterocycles. The predicted octanol–water partition coefficient (Wildman–Crippen LogP) is 3.37. The molecule has 0 aromatic heterocycles. The zero-order valence-electron chi connectivity index (χ0n) is 11.5. The van der Waals surface area contributed by atoms with Gasteiger partial charge in [-0.05, 0) is 36.2 Å². The monoisotopic (exact) mass is 318 g/mol. The summed E-state index contributed by atoms with van der Waals surface area (Å²) in [6.45, 7) is 0. The maximum Gasteiger partial charge on any atom is 0.176 e. The normalized spacial score (nSPS) is 14.2. The number of benzene rings is 2. The maximum absolute atomic E-state index is 12.0. The standard InChI is InChI=1S/C16H14O3S2/c1-21(18,19)16-10-13-11(7-8-14(13)17)9-15(16)20-12-5-3-2-4-6-12/h2-6,9-10H,7-8H2,1H3. The van der Waals surface area contributed by atoms with Crippen LogP contribution in [0.15, 0.2) is 57.2 Å². The Morgan fingerprint density at radius 3 is 2.43 bits per heavy atom. The molecule has 3 nitrogen and oxygen atoms in total. The predicted molar refractivity (Wildman–Crippen MR) is 82.8 cm³/mol. The molecule has 2 aromatic rings. The minimum Gasteiger partial charge on any atom is -0.294 e. The summed E-state index contributed by atoms with van der Waals surface area (Å²) in [7, 11) is -3.37. The van der Waals surface area contributed by atoms with Crippen LogP contribution in [-0.2, 0) is 16.3 Å². The minimum atomic E-state index is -3.37. The van der Waals surface area contributed by atoms with Crippen LogP contribution >= 0.6 is 11.8 Å². The molecule has 0 atom stereocenters. The zero-order chi connectivity index (χ0) is 15.0. The van der Waals surface area contributed by atoms with Gasteiger partial charge in [-0.25, -0.2) is 8.42 Å². The van der Waals surface area contributed by atoms with Gasteiger partial charge in [0, 0.05) is 28.0 Å². The van der Waals surface area contributed by atoms with E-state index in [4.69, 9.17) is 0 Å². The fourth-order valence-electron chi connectivity index (χ4n) is 2.44. The Labute approximate surface area is 128 Å². The van der Waals surface area contributed by atoms with Crippen LogP contribution < -0.4 is 0 Å². The minimum absolute atomic E-state index is 0.0335. The third-order valence-corrected chi connectivity index (χ3v) is 5.79. The van der Waals surface area contributed by atoms with Gasteiger partial charge in [-0.3, -0.25) is 4.79 Å². The van der Waals surface area contributed by atoms with E-state index in [-0.39, 0.29) is 10.7 Å². The first-order valence-corrected chi connectivity index (χ1v) is 9.29. The van der Waals surface area contributed by atoms with Gasteiger partial charge in [-0.1, -0.05) is 30.0 Å². The molecule has 0 aliphatic heterocycles. The molecule has 1 aliphatic carbocycles. The van der Waals surface area contributed by atoms with Gasteiger partial charge in [0.15, 0.2) is 15.6 Å². The number of aryl methyl sites for hydroxylation is 1. The van der Waals surface area contributed by atoms with Crippen molar-refractivity contribution in [2.24, 2.45) is 0 Å². The SMILES string of the molecule is CS(=O)(=O)c1cc2c(cc1Sc1ccccc1)CCC2=O. The molecule has 0 saturated carbocycles. The molecule has 0 unspecified atom stereocenters. The van der Waals surface area contributed by atoms with E-state index in [1.54, 1.807) is 6.07 Å². The Bertz CT molecular complexity index is 809. The van der Waals surface area contributed by atoms with E-state index in [0.29, 0.717) is 23.3 Å². The molecule has 0 spiro atoms. The van der Waals surface area contributed by atoms with Crippen LogP contribution in [0.4, 0.5) is 0 Å². The van der Waals surface area contributed by atoms with Crippen LogP contribution in [0.1, 0.15) is 22.3 Å². The van der Waals surface area contributed by atoms with Crippen molar-refractivity contribution in [3.63, 3.8) is 0 Å². The molecule has 0 bridgehead atoms. The lowest BCUT2D eigenvalue weighted by atomic mass is 10.1. The summed E-state index contributed by atoms with van der Waals surface area (Å²) in [5.74, 6) is 0.0335. The number of rotatable bonds is 3. The van der Waals surface area contributed by atoms with Gasteiger partial charge in [0.1, 0.15) is 0 Å². The number of carbonyl (C=O) groups is 1. The molecule has 0 amide bonds. The Kier molecular flexibility index (Phi) is 3.63. The van der Waals surface area contributed by atoms with Crippen LogP contribution in [0.3, 0.4) is 0 Å². The Hall–Kier alpha value is -1.59. The van der Waals surface area contributed by atoms with Crippen LogP contribution in [-0.4, -0.2) is 20.5 Å². The highest BCUT2D eigenvalue weighted by atomic mass is 32.2. The fourth-order valence-corrected chi connectivity index (χ4v) is 4.68. The van der Waals surface area contributed by atoms with Crippen molar-refractivity contribution < 1.29 is 13.2 Å². The summed E-state index contributed by atoms with van der Waals surface area (Å²) in [4.78, 5) is 13.7. The molecule has 3 rings (SSSR count). The highest BCUT2D eigenvalue weighted by Crippen LogP contribution is 2.37. The third-order valence-electron chi connectivity index (χ3n) is 3.46. The average molecular weight is 318 g/mol. The van der Waals surface area contributed by atoms with E-state index in [1.807, 2.05) is 36.4 Å². The number of hydrogen-bond donors (Lipinski definition) is 0. The summed E-state index contributed by atoms with van der Waals surface area (Å²) >= 11 is 1.42. The van der Waals surface area contributed by atoms with E-state index < -0.39 is 9.84 Å². The van der Waals surface area contributed by atoms with Gasteiger partial charge in [-0.2, -0.15) is 0 Å². The molecule has 0 radical (unpaired) electrons. The number of ketones is 1. The zero-order valence-corrected chi connectivity index (χ0v) is 13.1. The van der Waals surface area contributed by atoms with Crippen LogP contribution in [0.5, 0.6) is 0 Å². The molecule has 0 N–H and O–H groups in total. The van der Waals surface area contributed by atoms with Gasteiger partial charge < -0.3 is 0 Å². The Balaban J connectivity index is 2.13. The molecular weight excluding hydrogens is 304 g/mol. The topological polar surface area (TPSA) is 51.2 Å². The van der Waals surface area contributed by atoms with Crippen LogP contribution in [0.2, 0.25) is 0 Å². The van der Waals surface area contributed by atoms with E-state index in [2.05, 4.69) is 0 Å².